The van der Waals surface area contributed by atoms with Crippen molar-refractivity contribution < 1.29 is 9.15 Å². The van der Waals surface area contributed by atoms with Crippen LogP contribution in [0.25, 0.3) is 11.6 Å². The molecule has 1 aliphatic rings. The highest BCUT2D eigenvalue weighted by Gasteiger charge is 2.33. The van der Waals surface area contributed by atoms with E-state index in [1.807, 2.05) is 30.3 Å². The third-order valence-corrected chi connectivity index (χ3v) is 4.84. The molecule has 1 atom stereocenters. The average Bonchev–Trinajstić information content (AvgIpc) is 3.38. The van der Waals surface area contributed by atoms with E-state index < -0.39 is 0 Å². The van der Waals surface area contributed by atoms with E-state index in [4.69, 9.17) is 9.15 Å². The van der Waals surface area contributed by atoms with Crippen LogP contribution in [-0.2, 0) is 6.42 Å². The minimum Gasteiger partial charge on any atom is -0.487 e. The van der Waals surface area contributed by atoms with Gasteiger partial charge in [0.2, 0.25) is 5.82 Å². The van der Waals surface area contributed by atoms with Crippen molar-refractivity contribution in [2.45, 2.75) is 38.3 Å². The summed E-state index contributed by atoms with van der Waals surface area (Å²) in [6, 6.07) is 11.9. The molecule has 8 nitrogen and oxygen atoms in total. The quantitative estimate of drug-likeness (QED) is 0.269. The highest BCUT2D eigenvalue weighted by Crippen LogP contribution is 2.39. The minimum absolute atomic E-state index is 0. The van der Waals surface area contributed by atoms with Gasteiger partial charge >= 0.3 is 0 Å². The molecule has 2 aromatic heterocycles. The molecule has 30 heavy (non-hydrogen) atoms. The average molecular weight is 522 g/mol. The number of nitrogens with zero attached hydrogens (tertiary/aromatic N) is 3. The SMILES string of the molecule is CN=C(NCCc1nc(-c2ccco2)n[nH]1)NC1CC(C)(C)Oc2ccccc21.I. The first kappa shape index (κ1) is 22.1. The van der Waals surface area contributed by atoms with Crippen LogP contribution in [0.2, 0.25) is 0 Å². The number of fused-ring (bicyclic) bond motifs is 1. The summed E-state index contributed by atoms with van der Waals surface area (Å²) in [6.45, 7) is 4.88. The maximum atomic E-state index is 6.11. The van der Waals surface area contributed by atoms with Crippen molar-refractivity contribution in [3.8, 4) is 17.3 Å². The second-order valence-corrected chi connectivity index (χ2v) is 7.63. The molecule has 0 amide bonds. The molecule has 1 aliphatic heterocycles. The number of halogens is 1. The lowest BCUT2D eigenvalue weighted by Crippen LogP contribution is -2.45. The van der Waals surface area contributed by atoms with Crippen LogP contribution in [0.4, 0.5) is 0 Å². The largest absolute Gasteiger partial charge is 0.487 e. The highest BCUT2D eigenvalue weighted by molar-refractivity contribution is 14.0. The van der Waals surface area contributed by atoms with Crippen molar-refractivity contribution in [3.63, 3.8) is 0 Å². The predicted molar refractivity (Wildman–Crippen MR) is 126 cm³/mol. The van der Waals surface area contributed by atoms with E-state index in [0.717, 1.165) is 29.5 Å². The summed E-state index contributed by atoms with van der Waals surface area (Å²) >= 11 is 0. The first-order valence-electron chi connectivity index (χ1n) is 9.74. The molecule has 4 rings (SSSR count). The van der Waals surface area contributed by atoms with Crippen LogP contribution in [0.1, 0.15) is 37.7 Å². The summed E-state index contributed by atoms with van der Waals surface area (Å²) in [5, 5.41) is 14.0. The Bertz CT molecular complexity index is 983. The molecule has 1 unspecified atom stereocenters. The Morgan fingerprint density at radius 3 is 2.87 bits per heavy atom. The molecule has 0 aliphatic carbocycles. The van der Waals surface area contributed by atoms with Crippen molar-refractivity contribution in [2.24, 2.45) is 4.99 Å². The summed E-state index contributed by atoms with van der Waals surface area (Å²) in [5.41, 5.74) is 0.903. The zero-order valence-corrected chi connectivity index (χ0v) is 19.6. The number of para-hydroxylation sites is 1. The van der Waals surface area contributed by atoms with Gasteiger partial charge in [0.15, 0.2) is 11.7 Å². The zero-order chi connectivity index (χ0) is 20.3. The van der Waals surface area contributed by atoms with E-state index in [1.165, 1.54) is 0 Å². The molecule has 0 saturated carbocycles. The molecule has 160 valence electrons. The van der Waals surface area contributed by atoms with Crippen LogP contribution >= 0.6 is 24.0 Å². The Labute approximate surface area is 192 Å². The number of furan rings is 1. The first-order chi connectivity index (χ1) is 14.0. The third-order valence-electron chi connectivity index (χ3n) is 4.84. The molecule has 3 aromatic rings. The molecule has 0 saturated heterocycles. The number of nitrogens with one attached hydrogen (secondary N) is 3. The number of guanidine groups is 1. The smallest absolute Gasteiger partial charge is 0.216 e. The molecular formula is C21H27IN6O2. The molecule has 0 fully saturated rings. The summed E-state index contributed by atoms with van der Waals surface area (Å²) in [7, 11) is 1.77. The van der Waals surface area contributed by atoms with Gasteiger partial charge in [0, 0.05) is 32.0 Å². The van der Waals surface area contributed by atoms with Gasteiger partial charge in [0.25, 0.3) is 0 Å². The number of hydrogen-bond acceptors (Lipinski definition) is 5. The van der Waals surface area contributed by atoms with Gasteiger partial charge in [-0.2, -0.15) is 5.10 Å². The van der Waals surface area contributed by atoms with Gasteiger partial charge in [0.05, 0.1) is 12.3 Å². The third kappa shape index (κ3) is 5.13. The van der Waals surface area contributed by atoms with Crippen molar-refractivity contribution in [3.05, 3.63) is 54.0 Å². The van der Waals surface area contributed by atoms with Gasteiger partial charge in [-0.25, -0.2) is 4.98 Å². The minimum atomic E-state index is -0.243. The highest BCUT2D eigenvalue weighted by atomic mass is 127. The van der Waals surface area contributed by atoms with Gasteiger partial charge in [-0.1, -0.05) is 18.2 Å². The second kappa shape index (κ2) is 9.50. The van der Waals surface area contributed by atoms with Gasteiger partial charge in [0.1, 0.15) is 17.2 Å². The summed E-state index contributed by atoms with van der Waals surface area (Å²) in [4.78, 5) is 8.83. The van der Waals surface area contributed by atoms with Gasteiger partial charge < -0.3 is 19.8 Å². The number of aromatic amines is 1. The summed E-state index contributed by atoms with van der Waals surface area (Å²) in [6.07, 6.45) is 3.14. The number of H-pyrrole nitrogens is 1. The molecule has 3 heterocycles. The van der Waals surface area contributed by atoms with Crippen LogP contribution in [0.5, 0.6) is 5.75 Å². The summed E-state index contributed by atoms with van der Waals surface area (Å²) in [5.74, 6) is 3.67. The van der Waals surface area contributed by atoms with Crippen molar-refractivity contribution in [2.75, 3.05) is 13.6 Å². The van der Waals surface area contributed by atoms with E-state index in [2.05, 4.69) is 50.7 Å². The Kier molecular flexibility index (Phi) is 7.01. The molecule has 0 radical (unpaired) electrons. The number of rotatable bonds is 5. The van der Waals surface area contributed by atoms with Gasteiger partial charge in [-0.05, 0) is 32.0 Å². The molecule has 9 heteroatoms. The number of aliphatic imine (C=N–C) groups is 1. The number of benzene rings is 1. The normalized spacial score (nSPS) is 17.4. The van der Waals surface area contributed by atoms with E-state index >= 15 is 0 Å². The van der Waals surface area contributed by atoms with Crippen LogP contribution < -0.4 is 15.4 Å². The lowest BCUT2D eigenvalue weighted by Gasteiger charge is -2.38. The fourth-order valence-corrected chi connectivity index (χ4v) is 3.51. The lowest BCUT2D eigenvalue weighted by molar-refractivity contribution is 0.0694. The zero-order valence-electron chi connectivity index (χ0n) is 17.3. The predicted octanol–water partition coefficient (Wildman–Crippen LogP) is 3.69. The van der Waals surface area contributed by atoms with Crippen molar-refractivity contribution in [1.82, 2.24) is 25.8 Å². The van der Waals surface area contributed by atoms with Crippen LogP contribution in [0.3, 0.4) is 0 Å². The fourth-order valence-electron chi connectivity index (χ4n) is 3.51. The number of hydrogen-bond donors (Lipinski definition) is 3. The van der Waals surface area contributed by atoms with Gasteiger partial charge in [-0.3, -0.25) is 10.1 Å². The van der Waals surface area contributed by atoms with E-state index in [0.29, 0.717) is 24.6 Å². The maximum Gasteiger partial charge on any atom is 0.216 e. The van der Waals surface area contributed by atoms with E-state index in [-0.39, 0.29) is 35.6 Å². The molecular weight excluding hydrogens is 495 g/mol. The number of ether oxygens (including phenoxy) is 1. The topological polar surface area (TPSA) is 100 Å². The Hall–Kier alpha value is -2.56. The van der Waals surface area contributed by atoms with Gasteiger partial charge in [-0.15, -0.1) is 24.0 Å². The van der Waals surface area contributed by atoms with Crippen LogP contribution in [0.15, 0.2) is 52.1 Å². The van der Waals surface area contributed by atoms with Crippen LogP contribution in [0, 0.1) is 0 Å². The first-order valence-corrected chi connectivity index (χ1v) is 9.74. The molecule has 1 aromatic carbocycles. The molecule has 0 spiro atoms. The standard InChI is InChI=1S/C21H26N6O2.HI/c1-21(2)13-15(14-7-4-5-8-16(14)29-21)24-20(22-3)23-11-10-18-25-19(27-26-18)17-9-6-12-28-17;/h4-9,12,15H,10-11,13H2,1-3H3,(H2,22,23,24)(H,25,26,27);1H. The summed E-state index contributed by atoms with van der Waals surface area (Å²) < 4.78 is 11.4. The molecule has 3 N–H and O–H groups in total. The Balaban J connectivity index is 0.00000256. The second-order valence-electron chi connectivity index (χ2n) is 7.63. The Morgan fingerprint density at radius 2 is 2.10 bits per heavy atom. The monoisotopic (exact) mass is 522 g/mol. The number of aromatic nitrogens is 3. The maximum absolute atomic E-state index is 6.11. The Morgan fingerprint density at radius 1 is 1.27 bits per heavy atom. The van der Waals surface area contributed by atoms with E-state index in [1.54, 1.807) is 13.3 Å². The fraction of sp³-hybridized carbons (Fsp3) is 0.381. The van der Waals surface area contributed by atoms with Crippen molar-refractivity contribution >= 4 is 29.9 Å². The van der Waals surface area contributed by atoms with Crippen molar-refractivity contribution in [1.29, 1.82) is 0 Å². The van der Waals surface area contributed by atoms with Crippen LogP contribution in [-0.4, -0.2) is 40.3 Å². The lowest BCUT2D eigenvalue weighted by atomic mass is 9.90. The molecule has 0 bridgehead atoms. The van der Waals surface area contributed by atoms with E-state index in [9.17, 15) is 0 Å².